The smallest absolute Gasteiger partial charge is 0.0414 e. The molecular weight excluding hydrogens is 258 g/mol. The van der Waals surface area contributed by atoms with Crippen LogP contribution in [0, 0.1) is 6.92 Å². The zero-order valence-corrected chi connectivity index (χ0v) is 14.3. The summed E-state index contributed by atoms with van der Waals surface area (Å²) in [5.74, 6) is 0. The topological polar surface area (TPSA) is 18.5 Å². The lowest BCUT2D eigenvalue weighted by Gasteiger charge is -2.34. The van der Waals surface area contributed by atoms with Crippen LogP contribution in [0.3, 0.4) is 0 Å². The van der Waals surface area contributed by atoms with E-state index < -0.39 is 0 Å². The van der Waals surface area contributed by atoms with Gasteiger partial charge in [-0.25, -0.2) is 0 Å². The van der Waals surface area contributed by atoms with Crippen LogP contribution in [0.25, 0.3) is 0 Å². The van der Waals surface area contributed by atoms with Gasteiger partial charge in [0.25, 0.3) is 0 Å². The predicted octanol–water partition coefficient (Wildman–Crippen LogP) is 3.02. The number of aryl methyl sites for hydroxylation is 1. The van der Waals surface area contributed by atoms with Crippen molar-refractivity contribution in [2.24, 2.45) is 0 Å². The van der Waals surface area contributed by atoms with Crippen molar-refractivity contribution >= 4 is 5.69 Å². The van der Waals surface area contributed by atoms with Crippen molar-refractivity contribution in [2.75, 3.05) is 32.1 Å². The molecule has 0 spiro atoms. The Balaban J connectivity index is 2.17. The third-order valence-corrected chi connectivity index (χ3v) is 4.21. The zero-order chi connectivity index (χ0) is 15.4. The molecule has 0 radical (unpaired) electrons. The number of rotatable bonds is 8. The minimum atomic E-state index is 0.521. The molecule has 3 heteroatoms. The van der Waals surface area contributed by atoms with Gasteiger partial charge in [0.05, 0.1) is 0 Å². The van der Waals surface area contributed by atoms with Gasteiger partial charge in [-0.05, 0) is 59.3 Å². The molecule has 3 nitrogen and oxygen atoms in total. The molecule has 118 valence electrons. The summed E-state index contributed by atoms with van der Waals surface area (Å²) in [6.45, 7) is 9.88. The third kappa shape index (κ3) is 4.72. The van der Waals surface area contributed by atoms with Gasteiger partial charge in [0.1, 0.15) is 0 Å². The SMILES string of the molecule is CCN(c1ccc(C)cc1CNC1CC1)C(C)CN(C)C. The Labute approximate surface area is 130 Å². The van der Waals surface area contributed by atoms with E-state index in [2.05, 4.69) is 68.2 Å². The average Bonchev–Trinajstić information content (AvgIpc) is 3.22. The molecule has 1 saturated carbocycles. The van der Waals surface area contributed by atoms with Gasteiger partial charge in [-0.15, -0.1) is 0 Å². The molecule has 2 rings (SSSR count). The van der Waals surface area contributed by atoms with Crippen LogP contribution in [-0.2, 0) is 6.54 Å². The molecule has 0 saturated heterocycles. The van der Waals surface area contributed by atoms with Gasteiger partial charge in [0.2, 0.25) is 0 Å². The van der Waals surface area contributed by atoms with Crippen LogP contribution < -0.4 is 10.2 Å². The number of benzene rings is 1. The Hall–Kier alpha value is -1.06. The number of anilines is 1. The van der Waals surface area contributed by atoms with Gasteiger partial charge in [-0.3, -0.25) is 0 Å². The number of nitrogens with one attached hydrogen (secondary N) is 1. The van der Waals surface area contributed by atoms with E-state index in [-0.39, 0.29) is 0 Å². The molecular formula is C18H31N3. The molecule has 1 unspecified atom stereocenters. The minimum Gasteiger partial charge on any atom is -0.368 e. The van der Waals surface area contributed by atoms with Gasteiger partial charge in [0, 0.05) is 37.4 Å². The summed E-state index contributed by atoms with van der Waals surface area (Å²) in [4.78, 5) is 4.80. The Morgan fingerprint density at radius 1 is 1.29 bits per heavy atom. The fourth-order valence-corrected chi connectivity index (χ4v) is 3.02. The maximum Gasteiger partial charge on any atom is 0.0414 e. The lowest BCUT2D eigenvalue weighted by Crippen LogP contribution is -2.40. The zero-order valence-electron chi connectivity index (χ0n) is 14.3. The van der Waals surface area contributed by atoms with E-state index in [0.29, 0.717) is 6.04 Å². The monoisotopic (exact) mass is 289 g/mol. The Kier molecular flexibility index (Phi) is 5.65. The van der Waals surface area contributed by atoms with E-state index in [9.17, 15) is 0 Å². The Bertz CT molecular complexity index is 452. The summed E-state index contributed by atoms with van der Waals surface area (Å²) in [5, 5.41) is 3.66. The molecule has 0 aliphatic heterocycles. The largest absolute Gasteiger partial charge is 0.368 e. The van der Waals surface area contributed by atoms with Gasteiger partial charge in [0.15, 0.2) is 0 Å². The second kappa shape index (κ2) is 7.28. The van der Waals surface area contributed by atoms with E-state index in [1.807, 2.05) is 0 Å². The predicted molar refractivity (Wildman–Crippen MR) is 92.1 cm³/mol. The normalized spacial score (nSPS) is 16.3. The molecule has 0 bridgehead atoms. The summed E-state index contributed by atoms with van der Waals surface area (Å²) in [6.07, 6.45) is 2.69. The lowest BCUT2D eigenvalue weighted by molar-refractivity contribution is 0.372. The van der Waals surface area contributed by atoms with Crippen molar-refractivity contribution in [3.05, 3.63) is 29.3 Å². The maximum atomic E-state index is 3.66. The van der Waals surface area contributed by atoms with Gasteiger partial charge in [-0.1, -0.05) is 17.7 Å². The van der Waals surface area contributed by atoms with Crippen LogP contribution in [0.4, 0.5) is 5.69 Å². The second-order valence-corrected chi connectivity index (χ2v) is 6.68. The number of hydrogen-bond acceptors (Lipinski definition) is 3. The van der Waals surface area contributed by atoms with Crippen LogP contribution in [0.15, 0.2) is 18.2 Å². The van der Waals surface area contributed by atoms with Crippen LogP contribution in [0.5, 0.6) is 0 Å². The summed E-state index contributed by atoms with van der Waals surface area (Å²) in [7, 11) is 4.30. The highest BCUT2D eigenvalue weighted by Gasteiger charge is 2.22. The van der Waals surface area contributed by atoms with E-state index in [1.54, 1.807) is 0 Å². The Morgan fingerprint density at radius 3 is 2.57 bits per heavy atom. The molecule has 1 aliphatic rings. The molecule has 1 aliphatic carbocycles. The van der Waals surface area contributed by atoms with E-state index >= 15 is 0 Å². The maximum absolute atomic E-state index is 3.66. The van der Waals surface area contributed by atoms with Crippen LogP contribution in [-0.4, -0.2) is 44.2 Å². The molecule has 0 heterocycles. The van der Waals surface area contributed by atoms with Crippen molar-refractivity contribution in [2.45, 2.75) is 52.2 Å². The second-order valence-electron chi connectivity index (χ2n) is 6.68. The summed E-state index contributed by atoms with van der Waals surface area (Å²) in [6, 6.07) is 8.16. The van der Waals surface area contributed by atoms with E-state index in [1.165, 1.54) is 29.7 Å². The average molecular weight is 289 g/mol. The van der Waals surface area contributed by atoms with Gasteiger partial charge < -0.3 is 15.1 Å². The first-order valence-corrected chi connectivity index (χ1v) is 8.25. The van der Waals surface area contributed by atoms with Crippen molar-refractivity contribution < 1.29 is 0 Å². The first-order chi connectivity index (χ1) is 10.0. The third-order valence-electron chi connectivity index (χ3n) is 4.21. The number of nitrogens with zero attached hydrogens (tertiary/aromatic N) is 2. The number of hydrogen-bond donors (Lipinski definition) is 1. The quantitative estimate of drug-likeness (QED) is 0.793. The standard InChI is InChI=1S/C18H31N3/c1-6-21(15(3)13-20(4)5)18-10-7-14(2)11-16(18)12-19-17-8-9-17/h7,10-11,15,17,19H,6,8-9,12-13H2,1-5H3. The molecule has 1 fully saturated rings. The highest BCUT2D eigenvalue weighted by Crippen LogP contribution is 2.26. The van der Waals surface area contributed by atoms with Crippen molar-refractivity contribution in [3.8, 4) is 0 Å². The summed E-state index contributed by atoms with van der Waals surface area (Å²) >= 11 is 0. The number of likely N-dealkylation sites (N-methyl/N-ethyl adjacent to an activating group) is 2. The van der Waals surface area contributed by atoms with Crippen LogP contribution in [0.1, 0.15) is 37.8 Å². The first-order valence-electron chi connectivity index (χ1n) is 8.25. The van der Waals surface area contributed by atoms with E-state index in [4.69, 9.17) is 0 Å². The molecule has 1 atom stereocenters. The molecule has 0 amide bonds. The minimum absolute atomic E-state index is 0.521. The van der Waals surface area contributed by atoms with Crippen molar-refractivity contribution in [1.82, 2.24) is 10.2 Å². The molecule has 1 N–H and O–H groups in total. The molecule has 21 heavy (non-hydrogen) atoms. The van der Waals surface area contributed by atoms with Gasteiger partial charge in [-0.2, -0.15) is 0 Å². The van der Waals surface area contributed by atoms with Crippen molar-refractivity contribution in [1.29, 1.82) is 0 Å². The lowest BCUT2D eigenvalue weighted by atomic mass is 10.1. The fourth-order valence-electron chi connectivity index (χ4n) is 3.02. The van der Waals surface area contributed by atoms with Crippen LogP contribution in [0.2, 0.25) is 0 Å². The van der Waals surface area contributed by atoms with Crippen molar-refractivity contribution in [3.63, 3.8) is 0 Å². The first kappa shape index (κ1) is 16.3. The molecule has 0 aromatic heterocycles. The fraction of sp³-hybridized carbons (Fsp3) is 0.667. The molecule has 1 aromatic rings. The molecule has 1 aromatic carbocycles. The highest BCUT2D eigenvalue weighted by atomic mass is 15.2. The Morgan fingerprint density at radius 2 is 2.00 bits per heavy atom. The van der Waals surface area contributed by atoms with E-state index in [0.717, 1.165) is 25.7 Å². The van der Waals surface area contributed by atoms with Gasteiger partial charge >= 0.3 is 0 Å². The summed E-state index contributed by atoms with van der Waals surface area (Å²) in [5.41, 5.74) is 4.18. The summed E-state index contributed by atoms with van der Waals surface area (Å²) < 4.78 is 0. The van der Waals surface area contributed by atoms with Crippen LogP contribution >= 0.6 is 0 Å². The highest BCUT2D eigenvalue weighted by molar-refractivity contribution is 5.55.